The largest absolute Gasteiger partial charge is 0.493 e. The molecule has 2 aliphatic heterocycles. The lowest BCUT2D eigenvalue weighted by molar-refractivity contribution is -0.0767. The third-order valence-corrected chi connectivity index (χ3v) is 3.08. The first kappa shape index (κ1) is 13.0. The number of ether oxygens (including phenoxy) is 1. The van der Waals surface area contributed by atoms with Crippen LogP contribution in [0.15, 0.2) is 29.7 Å². The zero-order chi connectivity index (χ0) is 13.5. The van der Waals surface area contributed by atoms with Crippen molar-refractivity contribution in [3.05, 3.63) is 24.7 Å². The van der Waals surface area contributed by atoms with Crippen LogP contribution in [0.25, 0.3) is 0 Å². The molecule has 0 aliphatic carbocycles. The summed E-state index contributed by atoms with van der Waals surface area (Å²) < 4.78 is 19.7. The van der Waals surface area contributed by atoms with Crippen molar-refractivity contribution in [1.82, 2.24) is 4.90 Å². The van der Waals surface area contributed by atoms with E-state index in [1.54, 1.807) is 0 Å². The van der Waals surface area contributed by atoms with Crippen molar-refractivity contribution in [3.8, 4) is 0 Å². The zero-order valence-corrected chi connectivity index (χ0v) is 9.82. The fraction of sp³-hybridized carbons (Fsp3) is 0.545. The van der Waals surface area contributed by atoms with E-state index in [4.69, 9.17) is 9.84 Å². The SMILES string of the molecule is C=C1N=C(O)C=CN1[C@@H]1O[C@H](CO)[C@H](O)C1(C)F. The van der Waals surface area contributed by atoms with Crippen molar-refractivity contribution in [3.63, 3.8) is 0 Å². The second-order valence-corrected chi connectivity index (χ2v) is 4.41. The lowest BCUT2D eigenvalue weighted by atomic mass is 9.98. The Morgan fingerprint density at radius 3 is 2.83 bits per heavy atom. The van der Waals surface area contributed by atoms with Crippen LogP contribution in [-0.4, -0.2) is 56.8 Å². The summed E-state index contributed by atoms with van der Waals surface area (Å²) in [4.78, 5) is 4.94. The Bertz CT molecular complexity index is 421. The van der Waals surface area contributed by atoms with E-state index in [9.17, 15) is 14.6 Å². The standard InChI is InChI=1S/C11H15FN2O4/c1-6-13-8(16)3-4-14(6)10-11(2,12)9(17)7(5-15)18-10/h3-4,7,9-10,15,17H,1,5H2,2H3,(H,13,16)/t7-,9+,10-,11?/m1/s1. The number of hydrogen-bond donors (Lipinski definition) is 3. The summed E-state index contributed by atoms with van der Waals surface area (Å²) in [5.74, 6) is -0.149. The molecule has 4 atom stereocenters. The van der Waals surface area contributed by atoms with Gasteiger partial charge < -0.3 is 25.0 Å². The predicted molar refractivity (Wildman–Crippen MR) is 61.4 cm³/mol. The number of nitrogens with zero attached hydrogens (tertiary/aromatic N) is 2. The van der Waals surface area contributed by atoms with Crippen molar-refractivity contribution in [2.24, 2.45) is 4.99 Å². The first-order valence-electron chi connectivity index (χ1n) is 5.44. The molecule has 0 saturated carbocycles. The number of aliphatic imine (C=N–C) groups is 1. The molecule has 1 fully saturated rings. The second-order valence-electron chi connectivity index (χ2n) is 4.41. The van der Waals surface area contributed by atoms with Crippen LogP contribution in [0, 0.1) is 0 Å². The van der Waals surface area contributed by atoms with E-state index in [0.29, 0.717) is 0 Å². The van der Waals surface area contributed by atoms with Gasteiger partial charge in [-0.15, -0.1) is 0 Å². The van der Waals surface area contributed by atoms with Crippen LogP contribution < -0.4 is 0 Å². The van der Waals surface area contributed by atoms with E-state index in [-0.39, 0.29) is 11.7 Å². The van der Waals surface area contributed by atoms with Crippen LogP contribution in [0.2, 0.25) is 0 Å². The molecule has 0 bridgehead atoms. The lowest BCUT2D eigenvalue weighted by Gasteiger charge is -2.33. The molecule has 0 aromatic rings. The number of rotatable bonds is 2. The zero-order valence-electron chi connectivity index (χ0n) is 9.82. The third-order valence-electron chi connectivity index (χ3n) is 3.08. The minimum Gasteiger partial charge on any atom is -0.493 e. The van der Waals surface area contributed by atoms with Gasteiger partial charge in [0.1, 0.15) is 18.0 Å². The minimum absolute atomic E-state index is 0.0923. The van der Waals surface area contributed by atoms with Crippen LogP contribution in [0.5, 0.6) is 0 Å². The average Bonchev–Trinajstić information content (AvgIpc) is 2.52. The highest BCUT2D eigenvalue weighted by molar-refractivity contribution is 5.87. The Kier molecular flexibility index (Phi) is 3.14. The maximum Gasteiger partial charge on any atom is 0.214 e. The molecule has 1 saturated heterocycles. The quantitative estimate of drug-likeness (QED) is 0.651. The molecule has 0 aromatic heterocycles. The van der Waals surface area contributed by atoms with Crippen LogP contribution in [-0.2, 0) is 4.74 Å². The molecule has 6 nitrogen and oxygen atoms in total. The van der Waals surface area contributed by atoms with Crippen molar-refractivity contribution in [1.29, 1.82) is 0 Å². The Balaban J connectivity index is 2.25. The Morgan fingerprint density at radius 2 is 2.33 bits per heavy atom. The van der Waals surface area contributed by atoms with Gasteiger partial charge >= 0.3 is 0 Å². The maximum atomic E-state index is 14.4. The molecule has 1 unspecified atom stereocenters. The normalized spacial score (nSPS) is 40.2. The summed E-state index contributed by atoms with van der Waals surface area (Å²) in [5, 5.41) is 27.9. The topological polar surface area (TPSA) is 85.5 Å². The molecular formula is C11H15FN2O4. The Morgan fingerprint density at radius 1 is 1.67 bits per heavy atom. The molecule has 0 radical (unpaired) electrons. The summed E-state index contributed by atoms with van der Waals surface area (Å²) in [7, 11) is 0. The maximum absolute atomic E-state index is 14.4. The van der Waals surface area contributed by atoms with Gasteiger partial charge in [0.2, 0.25) is 5.90 Å². The van der Waals surface area contributed by atoms with Gasteiger partial charge in [-0.2, -0.15) is 4.99 Å². The molecule has 2 aliphatic rings. The molecular weight excluding hydrogens is 243 g/mol. The van der Waals surface area contributed by atoms with Gasteiger partial charge in [0.05, 0.1) is 6.61 Å². The van der Waals surface area contributed by atoms with E-state index in [1.165, 1.54) is 24.1 Å². The van der Waals surface area contributed by atoms with Crippen molar-refractivity contribution >= 4 is 5.90 Å². The van der Waals surface area contributed by atoms with Crippen molar-refractivity contribution in [2.45, 2.75) is 31.0 Å². The van der Waals surface area contributed by atoms with Gasteiger partial charge in [-0.25, -0.2) is 4.39 Å². The minimum atomic E-state index is -2.09. The highest BCUT2D eigenvalue weighted by Crippen LogP contribution is 2.38. The summed E-state index contributed by atoms with van der Waals surface area (Å²) in [6.07, 6.45) is -1.00. The smallest absolute Gasteiger partial charge is 0.214 e. The second kappa shape index (κ2) is 4.34. The predicted octanol–water partition coefficient (Wildman–Crippen LogP) is 0.0497. The van der Waals surface area contributed by atoms with Gasteiger partial charge in [0, 0.05) is 12.3 Å². The average molecular weight is 258 g/mol. The molecule has 2 heterocycles. The molecule has 3 N–H and O–H groups in total. The fourth-order valence-electron chi connectivity index (χ4n) is 2.04. The fourth-order valence-corrected chi connectivity index (χ4v) is 2.04. The summed E-state index contributed by atoms with van der Waals surface area (Å²) >= 11 is 0. The van der Waals surface area contributed by atoms with Gasteiger partial charge in [-0.1, -0.05) is 6.58 Å². The van der Waals surface area contributed by atoms with E-state index >= 15 is 0 Å². The van der Waals surface area contributed by atoms with Gasteiger partial charge in [-0.05, 0) is 6.92 Å². The summed E-state index contributed by atoms with van der Waals surface area (Å²) in [6, 6.07) is 0. The van der Waals surface area contributed by atoms with Gasteiger partial charge in [-0.3, -0.25) is 0 Å². The van der Waals surface area contributed by atoms with E-state index in [1.807, 2.05) is 0 Å². The molecule has 18 heavy (non-hydrogen) atoms. The van der Waals surface area contributed by atoms with Crippen LogP contribution in [0.3, 0.4) is 0 Å². The van der Waals surface area contributed by atoms with Crippen molar-refractivity contribution < 1.29 is 24.4 Å². The Labute approximate surface area is 103 Å². The third kappa shape index (κ3) is 1.90. The van der Waals surface area contributed by atoms with Gasteiger partial charge in [0.25, 0.3) is 0 Å². The lowest BCUT2D eigenvalue weighted by Crippen LogP contribution is -2.48. The first-order valence-corrected chi connectivity index (χ1v) is 5.44. The monoisotopic (exact) mass is 258 g/mol. The number of aliphatic hydroxyl groups excluding tert-OH is 3. The highest BCUT2D eigenvalue weighted by Gasteiger charge is 2.56. The van der Waals surface area contributed by atoms with E-state index in [0.717, 1.165) is 0 Å². The van der Waals surface area contributed by atoms with Crippen molar-refractivity contribution in [2.75, 3.05) is 6.61 Å². The Hall–Kier alpha value is -1.44. The number of halogens is 1. The first-order chi connectivity index (χ1) is 8.37. The molecule has 2 rings (SSSR count). The molecule has 0 amide bonds. The summed E-state index contributed by atoms with van der Waals surface area (Å²) in [6.45, 7) is 4.26. The number of hydrogen-bond acceptors (Lipinski definition) is 5. The molecule has 0 spiro atoms. The molecule has 7 heteroatoms. The van der Waals surface area contributed by atoms with Crippen LogP contribution in [0.1, 0.15) is 6.92 Å². The summed E-state index contributed by atoms with van der Waals surface area (Å²) in [5.41, 5.74) is -2.09. The number of alkyl halides is 1. The van der Waals surface area contributed by atoms with Crippen LogP contribution >= 0.6 is 0 Å². The molecule has 0 aromatic carbocycles. The number of aliphatic hydroxyl groups is 3. The van der Waals surface area contributed by atoms with Gasteiger partial charge in [0.15, 0.2) is 11.9 Å². The molecule has 100 valence electrons. The van der Waals surface area contributed by atoms with Crippen LogP contribution in [0.4, 0.5) is 4.39 Å². The van der Waals surface area contributed by atoms with E-state index in [2.05, 4.69) is 11.6 Å². The highest BCUT2D eigenvalue weighted by atomic mass is 19.1. The van der Waals surface area contributed by atoms with E-state index < -0.39 is 30.7 Å².